The predicted molar refractivity (Wildman–Crippen MR) is 65.8 cm³/mol. The maximum atomic E-state index is 11.4. The van der Waals surface area contributed by atoms with Gasteiger partial charge in [0.05, 0.1) is 5.03 Å². The first-order chi connectivity index (χ1) is 7.65. The van der Waals surface area contributed by atoms with Gasteiger partial charge < -0.3 is 10.7 Å². The molecule has 0 fully saturated rings. The van der Waals surface area contributed by atoms with Crippen LogP contribution in [0.1, 0.15) is 5.56 Å². The number of carbonyl (C=O) groups is 1. The molecule has 1 aromatic carbocycles. The third-order valence-electron chi connectivity index (χ3n) is 1.83. The van der Waals surface area contributed by atoms with E-state index in [-0.39, 0.29) is 10.1 Å². The van der Waals surface area contributed by atoms with Crippen molar-refractivity contribution < 1.29 is 4.79 Å². The Balaban J connectivity index is 2.57. The molecular weight excluding hydrogens is 247 g/mol. The number of halogens is 2. The van der Waals surface area contributed by atoms with Crippen LogP contribution in [0.3, 0.4) is 0 Å². The highest BCUT2D eigenvalue weighted by Gasteiger charge is 2.09. The number of nitrogens with one attached hydrogen (secondary N) is 2. The van der Waals surface area contributed by atoms with E-state index in [0.29, 0.717) is 6.54 Å². The van der Waals surface area contributed by atoms with Crippen molar-refractivity contribution in [1.82, 2.24) is 5.32 Å². The van der Waals surface area contributed by atoms with Crippen LogP contribution in [-0.4, -0.2) is 12.1 Å². The van der Waals surface area contributed by atoms with Crippen molar-refractivity contribution >= 4 is 35.3 Å². The fourth-order valence-corrected chi connectivity index (χ4v) is 1.23. The molecule has 2 N–H and O–H groups in total. The summed E-state index contributed by atoms with van der Waals surface area (Å²) >= 11 is 11.2. The highest BCUT2D eigenvalue weighted by atomic mass is 35.5. The van der Waals surface area contributed by atoms with Crippen molar-refractivity contribution in [3.05, 3.63) is 46.0 Å². The Morgan fingerprint density at radius 2 is 1.94 bits per heavy atom. The summed E-state index contributed by atoms with van der Waals surface area (Å²) in [6.07, 6.45) is 0.825. The second kappa shape index (κ2) is 6.30. The number of carbonyl (C=O) groups excluding carboxylic acids is 1. The van der Waals surface area contributed by atoms with Gasteiger partial charge in [0.2, 0.25) is 0 Å². The van der Waals surface area contributed by atoms with Crippen molar-refractivity contribution in [3.63, 3.8) is 0 Å². The van der Waals surface area contributed by atoms with Gasteiger partial charge >= 0.3 is 0 Å². The molecule has 1 amide bonds. The Kier molecular flexibility index (Phi) is 5.02. The fourth-order valence-electron chi connectivity index (χ4n) is 1.03. The van der Waals surface area contributed by atoms with Gasteiger partial charge in [0, 0.05) is 12.8 Å². The van der Waals surface area contributed by atoms with Gasteiger partial charge in [-0.3, -0.25) is 4.79 Å². The monoisotopic (exact) mass is 256 g/mol. The van der Waals surface area contributed by atoms with Gasteiger partial charge in [0.1, 0.15) is 5.03 Å². The molecule has 0 aliphatic rings. The van der Waals surface area contributed by atoms with Crippen molar-refractivity contribution in [3.8, 4) is 0 Å². The molecule has 5 heteroatoms. The second-order valence-electron chi connectivity index (χ2n) is 2.97. The summed E-state index contributed by atoms with van der Waals surface area (Å²) in [6.45, 7) is 0.373. The Labute approximate surface area is 104 Å². The van der Waals surface area contributed by atoms with Crippen molar-refractivity contribution in [1.29, 1.82) is 5.41 Å². The van der Waals surface area contributed by atoms with Crippen LogP contribution in [-0.2, 0) is 11.3 Å². The van der Waals surface area contributed by atoms with Gasteiger partial charge in [-0.15, -0.1) is 0 Å². The van der Waals surface area contributed by atoms with Crippen LogP contribution in [0.5, 0.6) is 0 Å². The number of benzene rings is 1. The molecule has 0 aliphatic heterocycles. The predicted octanol–water partition coefficient (Wildman–Crippen LogP) is 2.64. The summed E-state index contributed by atoms with van der Waals surface area (Å²) in [6, 6.07) is 9.42. The van der Waals surface area contributed by atoms with E-state index in [2.05, 4.69) is 5.32 Å². The molecule has 0 spiro atoms. The van der Waals surface area contributed by atoms with Crippen LogP contribution in [0.25, 0.3) is 0 Å². The minimum Gasteiger partial charge on any atom is -0.347 e. The van der Waals surface area contributed by atoms with Crippen LogP contribution < -0.4 is 5.32 Å². The van der Waals surface area contributed by atoms with E-state index in [1.165, 1.54) is 0 Å². The summed E-state index contributed by atoms with van der Waals surface area (Å²) in [5, 5.41) is 9.20. The minimum atomic E-state index is -0.487. The van der Waals surface area contributed by atoms with Crippen molar-refractivity contribution in [2.45, 2.75) is 6.54 Å². The molecule has 0 bridgehead atoms. The third kappa shape index (κ3) is 3.68. The zero-order valence-corrected chi connectivity index (χ0v) is 9.85. The lowest BCUT2D eigenvalue weighted by Gasteiger charge is -2.04. The van der Waals surface area contributed by atoms with Crippen LogP contribution in [0.4, 0.5) is 0 Å². The molecule has 1 rings (SSSR count). The average Bonchev–Trinajstić information content (AvgIpc) is 2.35. The van der Waals surface area contributed by atoms with Gasteiger partial charge in [-0.2, -0.15) is 0 Å². The highest BCUT2D eigenvalue weighted by Crippen LogP contribution is 2.11. The fraction of sp³-hybridized carbons (Fsp3) is 0.0909. The van der Waals surface area contributed by atoms with Crippen LogP contribution in [0, 0.1) is 5.41 Å². The normalized spacial score (nSPS) is 11.6. The zero-order chi connectivity index (χ0) is 12.0. The number of allylic oxidation sites excluding steroid dienone is 1. The van der Waals surface area contributed by atoms with Gasteiger partial charge in [0.25, 0.3) is 5.91 Å². The van der Waals surface area contributed by atoms with E-state index in [1.807, 2.05) is 30.3 Å². The van der Waals surface area contributed by atoms with E-state index >= 15 is 0 Å². The van der Waals surface area contributed by atoms with E-state index < -0.39 is 5.91 Å². The quantitative estimate of drug-likeness (QED) is 0.632. The standard InChI is InChI=1S/C11H10Cl2N2O/c12-9(6-14)10(13)11(16)15-7-8-4-2-1-3-5-8/h1-6,14H,7H2,(H,15,16)/b10-9-,14-6?. The molecule has 1 aromatic rings. The van der Waals surface area contributed by atoms with E-state index in [9.17, 15) is 4.79 Å². The Hall–Kier alpha value is -1.32. The van der Waals surface area contributed by atoms with E-state index in [4.69, 9.17) is 28.6 Å². The maximum Gasteiger partial charge on any atom is 0.264 e. The van der Waals surface area contributed by atoms with Crippen LogP contribution >= 0.6 is 23.2 Å². The highest BCUT2D eigenvalue weighted by molar-refractivity contribution is 6.52. The Bertz CT molecular complexity index is 415. The van der Waals surface area contributed by atoms with E-state index in [1.54, 1.807) is 0 Å². The topological polar surface area (TPSA) is 53.0 Å². The molecule has 0 radical (unpaired) electrons. The summed E-state index contributed by atoms with van der Waals surface area (Å²) in [7, 11) is 0. The third-order valence-corrected chi connectivity index (χ3v) is 2.60. The Morgan fingerprint density at radius 3 is 2.50 bits per heavy atom. The van der Waals surface area contributed by atoms with Gasteiger partial charge in [-0.1, -0.05) is 53.5 Å². The molecule has 3 nitrogen and oxygen atoms in total. The summed E-state index contributed by atoms with van der Waals surface area (Å²) < 4.78 is 0. The first-order valence-corrected chi connectivity index (χ1v) is 5.28. The number of rotatable bonds is 4. The van der Waals surface area contributed by atoms with Crippen molar-refractivity contribution in [2.24, 2.45) is 0 Å². The molecule has 0 saturated carbocycles. The van der Waals surface area contributed by atoms with Crippen LogP contribution in [0.2, 0.25) is 0 Å². The minimum absolute atomic E-state index is 0.0766. The van der Waals surface area contributed by atoms with E-state index in [0.717, 1.165) is 11.8 Å². The lowest BCUT2D eigenvalue weighted by Crippen LogP contribution is -2.23. The zero-order valence-electron chi connectivity index (χ0n) is 8.34. The summed E-state index contributed by atoms with van der Waals surface area (Å²) in [5.74, 6) is -0.487. The number of hydrogen-bond acceptors (Lipinski definition) is 2. The van der Waals surface area contributed by atoms with Gasteiger partial charge in [-0.05, 0) is 5.56 Å². The Morgan fingerprint density at radius 1 is 1.31 bits per heavy atom. The lowest BCUT2D eigenvalue weighted by molar-refractivity contribution is -0.117. The molecule has 0 heterocycles. The average molecular weight is 257 g/mol. The van der Waals surface area contributed by atoms with Crippen LogP contribution in [0.15, 0.2) is 40.4 Å². The maximum absolute atomic E-state index is 11.4. The molecule has 0 atom stereocenters. The van der Waals surface area contributed by atoms with Crippen molar-refractivity contribution in [2.75, 3.05) is 0 Å². The lowest BCUT2D eigenvalue weighted by atomic mass is 10.2. The van der Waals surface area contributed by atoms with Gasteiger partial charge in [0.15, 0.2) is 0 Å². The molecule has 0 aliphatic carbocycles. The largest absolute Gasteiger partial charge is 0.347 e. The van der Waals surface area contributed by atoms with Gasteiger partial charge in [-0.25, -0.2) is 0 Å². The molecule has 0 unspecified atom stereocenters. The molecule has 16 heavy (non-hydrogen) atoms. The second-order valence-corrected chi connectivity index (χ2v) is 3.76. The molecule has 0 saturated heterocycles. The first kappa shape index (κ1) is 12.7. The summed E-state index contributed by atoms with van der Waals surface area (Å²) in [4.78, 5) is 11.4. The smallest absolute Gasteiger partial charge is 0.264 e. The number of hydrogen-bond donors (Lipinski definition) is 2. The molecule has 0 aromatic heterocycles. The number of amides is 1. The summed E-state index contributed by atoms with van der Waals surface area (Å²) in [5.41, 5.74) is 0.964. The molecular formula is C11H10Cl2N2O. The molecule has 84 valence electrons. The SMILES string of the molecule is N=C/C(Cl)=C(/Cl)C(=O)NCc1ccccc1. The first-order valence-electron chi connectivity index (χ1n) is 4.53.